The molecule has 1 heterocycles. The fourth-order valence-corrected chi connectivity index (χ4v) is 2.54. The number of pyridine rings is 1. The number of rotatable bonds is 4. The lowest BCUT2D eigenvalue weighted by atomic mass is 9.97. The summed E-state index contributed by atoms with van der Waals surface area (Å²) in [7, 11) is 0. The Kier molecular flexibility index (Phi) is 3.94. The second-order valence-corrected chi connectivity index (χ2v) is 4.98. The molecular weight excluding hydrogens is 198 g/mol. The van der Waals surface area contributed by atoms with E-state index >= 15 is 0 Å². The first-order valence-electron chi connectivity index (χ1n) is 6.36. The zero-order valence-electron chi connectivity index (χ0n) is 10.0. The van der Waals surface area contributed by atoms with Gasteiger partial charge in [0.25, 0.3) is 0 Å². The molecule has 0 aliphatic heterocycles. The third-order valence-electron chi connectivity index (χ3n) is 3.64. The van der Waals surface area contributed by atoms with Gasteiger partial charge in [-0.15, -0.1) is 0 Å². The normalized spacial score (nSPS) is 18.9. The van der Waals surface area contributed by atoms with Gasteiger partial charge in [-0.1, -0.05) is 31.7 Å². The SMILES string of the molecule is Cc1ccc(C(O)CCC2CCCC2)cn1. The molecule has 0 amide bonds. The number of hydrogen-bond acceptors (Lipinski definition) is 2. The average molecular weight is 219 g/mol. The van der Waals surface area contributed by atoms with E-state index < -0.39 is 0 Å². The van der Waals surface area contributed by atoms with Crippen molar-refractivity contribution in [1.29, 1.82) is 0 Å². The largest absolute Gasteiger partial charge is 0.388 e. The molecule has 1 atom stereocenters. The summed E-state index contributed by atoms with van der Waals surface area (Å²) in [4.78, 5) is 4.22. The molecule has 1 saturated carbocycles. The quantitative estimate of drug-likeness (QED) is 0.842. The number of aliphatic hydroxyl groups excluding tert-OH is 1. The van der Waals surface area contributed by atoms with Crippen LogP contribution in [-0.4, -0.2) is 10.1 Å². The molecule has 16 heavy (non-hydrogen) atoms. The topological polar surface area (TPSA) is 33.1 Å². The molecular formula is C14H21NO. The molecule has 0 spiro atoms. The van der Waals surface area contributed by atoms with Gasteiger partial charge < -0.3 is 5.11 Å². The summed E-state index contributed by atoms with van der Waals surface area (Å²) in [6.07, 6.45) is 9.00. The molecule has 1 aromatic heterocycles. The van der Waals surface area contributed by atoms with Gasteiger partial charge in [-0.3, -0.25) is 4.98 Å². The smallest absolute Gasteiger partial charge is 0.0805 e. The summed E-state index contributed by atoms with van der Waals surface area (Å²) >= 11 is 0. The highest BCUT2D eigenvalue weighted by atomic mass is 16.3. The van der Waals surface area contributed by atoms with Gasteiger partial charge in [-0.25, -0.2) is 0 Å². The number of aromatic nitrogens is 1. The maximum atomic E-state index is 10.0. The van der Waals surface area contributed by atoms with Gasteiger partial charge in [0.1, 0.15) is 0 Å². The Morgan fingerprint density at radius 2 is 2.12 bits per heavy atom. The Labute approximate surface area is 97.7 Å². The molecule has 1 aliphatic rings. The van der Waals surface area contributed by atoms with Crippen molar-refractivity contribution in [2.24, 2.45) is 5.92 Å². The van der Waals surface area contributed by atoms with Gasteiger partial charge in [-0.05, 0) is 37.3 Å². The molecule has 2 heteroatoms. The van der Waals surface area contributed by atoms with Crippen LogP contribution >= 0.6 is 0 Å². The lowest BCUT2D eigenvalue weighted by molar-refractivity contribution is 0.156. The van der Waals surface area contributed by atoms with Crippen molar-refractivity contribution in [1.82, 2.24) is 4.98 Å². The molecule has 0 radical (unpaired) electrons. The number of nitrogens with zero attached hydrogens (tertiary/aromatic N) is 1. The molecule has 1 unspecified atom stereocenters. The maximum absolute atomic E-state index is 10.0. The minimum atomic E-state index is -0.325. The summed E-state index contributed by atoms with van der Waals surface area (Å²) in [5.41, 5.74) is 1.97. The number of aryl methyl sites for hydroxylation is 1. The minimum absolute atomic E-state index is 0.325. The molecule has 1 aromatic rings. The second kappa shape index (κ2) is 5.44. The Morgan fingerprint density at radius 1 is 1.38 bits per heavy atom. The fraction of sp³-hybridized carbons (Fsp3) is 0.643. The van der Waals surface area contributed by atoms with Gasteiger partial charge in [0.2, 0.25) is 0 Å². The highest BCUT2D eigenvalue weighted by Gasteiger charge is 2.17. The first-order valence-corrected chi connectivity index (χ1v) is 6.36. The first kappa shape index (κ1) is 11.6. The van der Waals surface area contributed by atoms with E-state index in [4.69, 9.17) is 0 Å². The summed E-state index contributed by atoms with van der Waals surface area (Å²) in [6, 6.07) is 3.95. The average Bonchev–Trinajstić information content (AvgIpc) is 2.80. The van der Waals surface area contributed by atoms with Crippen molar-refractivity contribution in [2.75, 3.05) is 0 Å². The van der Waals surface area contributed by atoms with Gasteiger partial charge in [-0.2, -0.15) is 0 Å². The number of aliphatic hydroxyl groups is 1. The monoisotopic (exact) mass is 219 g/mol. The zero-order valence-corrected chi connectivity index (χ0v) is 10.0. The van der Waals surface area contributed by atoms with Crippen molar-refractivity contribution < 1.29 is 5.11 Å². The van der Waals surface area contributed by atoms with Crippen molar-refractivity contribution in [3.8, 4) is 0 Å². The first-order chi connectivity index (χ1) is 7.75. The van der Waals surface area contributed by atoms with E-state index in [1.807, 2.05) is 19.1 Å². The van der Waals surface area contributed by atoms with E-state index in [2.05, 4.69) is 4.98 Å². The number of hydrogen-bond donors (Lipinski definition) is 1. The second-order valence-electron chi connectivity index (χ2n) is 4.98. The van der Waals surface area contributed by atoms with Crippen LogP contribution in [0, 0.1) is 12.8 Å². The van der Waals surface area contributed by atoms with Crippen molar-refractivity contribution >= 4 is 0 Å². The minimum Gasteiger partial charge on any atom is -0.388 e. The predicted octanol–water partition coefficient (Wildman–Crippen LogP) is 3.39. The Morgan fingerprint density at radius 3 is 2.75 bits per heavy atom. The van der Waals surface area contributed by atoms with Crippen molar-refractivity contribution in [3.05, 3.63) is 29.6 Å². The molecule has 88 valence electrons. The standard InChI is InChI=1S/C14H21NO/c1-11-6-8-13(10-15-11)14(16)9-7-12-4-2-3-5-12/h6,8,10,12,14,16H,2-5,7,9H2,1H3. The summed E-state index contributed by atoms with van der Waals surface area (Å²) in [5, 5.41) is 10.0. The van der Waals surface area contributed by atoms with Gasteiger partial charge in [0.15, 0.2) is 0 Å². The lowest BCUT2D eigenvalue weighted by Crippen LogP contribution is -2.02. The summed E-state index contributed by atoms with van der Waals surface area (Å²) in [6.45, 7) is 1.97. The third-order valence-corrected chi connectivity index (χ3v) is 3.64. The highest BCUT2D eigenvalue weighted by Crippen LogP contribution is 2.31. The van der Waals surface area contributed by atoms with Crippen molar-refractivity contribution in [2.45, 2.75) is 51.6 Å². The Hall–Kier alpha value is -0.890. The van der Waals surface area contributed by atoms with E-state index in [0.717, 1.165) is 30.0 Å². The molecule has 1 N–H and O–H groups in total. The molecule has 0 saturated heterocycles. The van der Waals surface area contributed by atoms with Crippen LogP contribution in [0.4, 0.5) is 0 Å². The van der Waals surface area contributed by atoms with Gasteiger partial charge in [0, 0.05) is 11.9 Å². The van der Waals surface area contributed by atoms with Crippen LogP contribution in [0.15, 0.2) is 18.3 Å². The van der Waals surface area contributed by atoms with Crippen LogP contribution in [0.5, 0.6) is 0 Å². The summed E-state index contributed by atoms with van der Waals surface area (Å²) in [5.74, 6) is 0.855. The Bertz CT molecular complexity index is 314. The van der Waals surface area contributed by atoms with Gasteiger partial charge >= 0.3 is 0 Å². The van der Waals surface area contributed by atoms with Crippen LogP contribution in [-0.2, 0) is 0 Å². The molecule has 0 aromatic carbocycles. The van der Waals surface area contributed by atoms with Crippen LogP contribution < -0.4 is 0 Å². The van der Waals surface area contributed by atoms with Crippen LogP contribution in [0.1, 0.15) is 55.9 Å². The van der Waals surface area contributed by atoms with E-state index in [1.165, 1.54) is 25.7 Å². The molecule has 1 aliphatic carbocycles. The van der Waals surface area contributed by atoms with Crippen LogP contribution in [0.25, 0.3) is 0 Å². The molecule has 0 bridgehead atoms. The fourth-order valence-electron chi connectivity index (χ4n) is 2.54. The zero-order chi connectivity index (χ0) is 11.4. The lowest BCUT2D eigenvalue weighted by Gasteiger charge is -2.13. The van der Waals surface area contributed by atoms with E-state index in [0.29, 0.717) is 0 Å². The third kappa shape index (κ3) is 3.05. The molecule has 2 nitrogen and oxygen atoms in total. The van der Waals surface area contributed by atoms with Crippen molar-refractivity contribution in [3.63, 3.8) is 0 Å². The molecule has 2 rings (SSSR count). The summed E-state index contributed by atoms with van der Waals surface area (Å²) < 4.78 is 0. The maximum Gasteiger partial charge on any atom is 0.0805 e. The van der Waals surface area contributed by atoms with E-state index in [1.54, 1.807) is 6.20 Å². The van der Waals surface area contributed by atoms with E-state index in [-0.39, 0.29) is 6.10 Å². The highest BCUT2D eigenvalue weighted by molar-refractivity contribution is 5.15. The Balaban J connectivity index is 1.82. The van der Waals surface area contributed by atoms with E-state index in [9.17, 15) is 5.11 Å². The molecule has 1 fully saturated rings. The predicted molar refractivity (Wildman–Crippen MR) is 65.1 cm³/mol. The van der Waals surface area contributed by atoms with Gasteiger partial charge in [0.05, 0.1) is 6.10 Å². The van der Waals surface area contributed by atoms with Crippen LogP contribution in [0.3, 0.4) is 0 Å². The van der Waals surface area contributed by atoms with Crippen LogP contribution in [0.2, 0.25) is 0 Å².